The van der Waals surface area contributed by atoms with Gasteiger partial charge in [0.05, 0.1) is 0 Å². The molecule has 0 aromatic carbocycles. The lowest BCUT2D eigenvalue weighted by molar-refractivity contribution is 0.0242. The summed E-state index contributed by atoms with van der Waals surface area (Å²) in [6.07, 6.45) is 9.75. The summed E-state index contributed by atoms with van der Waals surface area (Å²) in [5.74, 6) is 0. The third kappa shape index (κ3) is 2.60. The Morgan fingerprint density at radius 3 is 1.80 bits per heavy atom. The average molecular weight is 253 g/mol. The van der Waals surface area contributed by atoms with Crippen LogP contribution in [0.1, 0.15) is 44.9 Å². The molecule has 3 aliphatic rings. The van der Waals surface area contributed by atoms with Crippen molar-refractivity contribution < 1.29 is 0 Å². The molecule has 0 amide bonds. The number of nitrogens with two attached hydrogens (primary N) is 1. The monoisotopic (exact) mass is 252 g/mol. The van der Waals surface area contributed by atoms with E-state index in [1.54, 1.807) is 0 Å². The van der Waals surface area contributed by atoms with E-state index in [4.69, 9.17) is 5.73 Å². The van der Waals surface area contributed by atoms with E-state index >= 15 is 0 Å². The molecule has 1 aliphatic carbocycles. The molecule has 2 bridgehead atoms. The first kappa shape index (κ1) is 13.6. The molecular weight excluding hydrogens is 231 g/mol. The van der Waals surface area contributed by atoms with Gasteiger partial charge in [0.25, 0.3) is 0 Å². The molecule has 2 N–H and O–H groups in total. The Balaban J connectivity index is 0.000000562. The van der Waals surface area contributed by atoms with Crippen LogP contribution in [0.15, 0.2) is 0 Å². The van der Waals surface area contributed by atoms with Gasteiger partial charge in [0.2, 0.25) is 0 Å². The van der Waals surface area contributed by atoms with E-state index < -0.39 is 0 Å². The molecular formula is C11H22Cl2N2. The minimum Gasteiger partial charge on any atom is -0.328 e. The van der Waals surface area contributed by atoms with Crippen molar-refractivity contribution in [3.63, 3.8) is 0 Å². The fourth-order valence-corrected chi connectivity index (χ4v) is 3.43. The maximum atomic E-state index is 6.08. The molecule has 2 heterocycles. The Kier molecular flexibility index (Phi) is 4.72. The van der Waals surface area contributed by atoms with Crippen LogP contribution in [-0.2, 0) is 0 Å². The molecule has 90 valence electrons. The van der Waals surface area contributed by atoms with Crippen LogP contribution in [0.5, 0.6) is 0 Å². The highest BCUT2D eigenvalue weighted by Gasteiger charge is 2.43. The summed E-state index contributed by atoms with van der Waals surface area (Å²) in [4.78, 5) is 2.83. The lowest BCUT2D eigenvalue weighted by atomic mass is 9.82. The first-order chi connectivity index (χ1) is 6.34. The number of fused-ring (bicyclic) bond motifs is 2. The second-order valence-electron chi connectivity index (χ2n) is 5.15. The fraction of sp³-hybridized carbons (Fsp3) is 1.00. The lowest BCUT2D eigenvalue weighted by Crippen LogP contribution is -2.56. The second-order valence-corrected chi connectivity index (χ2v) is 5.15. The van der Waals surface area contributed by atoms with Gasteiger partial charge in [0.15, 0.2) is 0 Å². The second kappa shape index (κ2) is 5.22. The van der Waals surface area contributed by atoms with Gasteiger partial charge in [-0.05, 0) is 38.5 Å². The van der Waals surface area contributed by atoms with Crippen molar-refractivity contribution in [3.8, 4) is 0 Å². The Labute approximate surface area is 105 Å². The predicted molar refractivity (Wildman–Crippen MR) is 68.0 cm³/mol. The summed E-state index contributed by atoms with van der Waals surface area (Å²) in [6, 6.07) is 3.18. The van der Waals surface area contributed by atoms with Crippen molar-refractivity contribution in [2.75, 3.05) is 0 Å². The molecule has 0 unspecified atom stereocenters. The zero-order chi connectivity index (χ0) is 8.84. The van der Waals surface area contributed by atoms with E-state index in [2.05, 4.69) is 4.90 Å². The molecule has 1 saturated carbocycles. The van der Waals surface area contributed by atoms with Crippen LogP contribution in [0.3, 0.4) is 0 Å². The molecule has 3 atom stereocenters. The molecule has 3 rings (SSSR count). The van der Waals surface area contributed by atoms with Crippen molar-refractivity contribution in [2.45, 2.75) is 69.1 Å². The van der Waals surface area contributed by atoms with E-state index in [0.29, 0.717) is 6.04 Å². The first-order valence-corrected chi connectivity index (χ1v) is 5.87. The van der Waals surface area contributed by atoms with Crippen molar-refractivity contribution in [3.05, 3.63) is 0 Å². The molecule has 0 aromatic heterocycles. The zero-order valence-electron chi connectivity index (χ0n) is 9.10. The van der Waals surface area contributed by atoms with E-state index in [1.807, 2.05) is 0 Å². The normalized spacial score (nSPS) is 40.2. The smallest absolute Gasteiger partial charge is 0.0116 e. The molecule has 2 saturated heterocycles. The standard InChI is InChI=1S/C11H20N2.2ClH/c12-8-6-10-2-1-3-11(7-8)13(10)9-4-5-9;;/h8-11H,1-7,12H2;2*1H/t8-,10-,11+;;. The van der Waals surface area contributed by atoms with Gasteiger partial charge < -0.3 is 5.73 Å². The van der Waals surface area contributed by atoms with Crippen molar-refractivity contribution in [2.24, 2.45) is 5.73 Å². The van der Waals surface area contributed by atoms with Gasteiger partial charge in [-0.1, -0.05) is 6.42 Å². The van der Waals surface area contributed by atoms with Gasteiger partial charge in [-0.3, -0.25) is 4.90 Å². The maximum absolute atomic E-state index is 6.08. The number of nitrogens with zero attached hydrogens (tertiary/aromatic N) is 1. The summed E-state index contributed by atoms with van der Waals surface area (Å²) in [5, 5.41) is 0. The molecule has 2 aliphatic heterocycles. The first-order valence-electron chi connectivity index (χ1n) is 5.87. The molecule has 3 fully saturated rings. The summed E-state index contributed by atoms with van der Waals surface area (Å²) in [7, 11) is 0. The molecule has 2 nitrogen and oxygen atoms in total. The van der Waals surface area contributed by atoms with Gasteiger partial charge in [-0.25, -0.2) is 0 Å². The Hall–Kier alpha value is 0.500. The highest BCUT2D eigenvalue weighted by atomic mass is 35.5. The van der Waals surface area contributed by atoms with Crippen molar-refractivity contribution in [1.82, 2.24) is 4.90 Å². The van der Waals surface area contributed by atoms with E-state index in [0.717, 1.165) is 18.1 Å². The maximum Gasteiger partial charge on any atom is 0.0116 e. The Morgan fingerprint density at radius 2 is 1.33 bits per heavy atom. The van der Waals surface area contributed by atoms with E-state index in [-0.39, 0.29) is 24.8 Å². The lowest BCUT2D eigenvalue weighted by Gasteiger charge is -2.48. The molecule has 0 aromatic rings. The fourth-order valence-electron chi connectivity index (χ4n) is 3.43. The van der Waals surface area contributed by atoms with Crippen LogP contribution in [-0.4, -0.2) is 29.1 Å². The minimum absolute atomic E-state index is 0. The van der Waals surface area contributed by atoms with Gasteiger partial charge in [0, 0.05) is 24.2 Å². The summed E-state index contributed by atoms with van der Waals surface area (Å²) in [5.41, 5.74) is 6.08. The number of hydrogen-bond donors (Lipinski definition) is 1. The van der Waals surface area contributed by atoms with Crippen molar-refractivity contribution >= 4 is 24.8 Å². The number of hydrogen-bond acceptors (Lipinski definition) is 2. The van der Waals surface area contributed by atoms with Crippen LogP contribution in [0.25, 0.3) is 0 Å². The largest absolute Gasteiger partial charge is 0.328 e. The van der Waals surface area contributed by atoms with Crippen LogP contribution >= 0.6 is 24.8 Å². The van der Waals surface area contributed by atoms with Crippen LogP contribution in [0.2, 0.25) is 0 Å². The van der Waals surface area contributed by atoms with Crippen LogP contribution in [0.4, 0.5) is 0 Å². The highest BCUT2D eigenvalue weighted by Crippen LogP contribution is 2.41. The summed E-state index contributed by atoms with van der Waals surface area (Å²) in [6.45, 7) is 0. The number of piperidine rings is 2. The minimum atomic E-state index is 0. The van der Waals surface area contributed by atoms with Gasteiger partial charge in [-0.2, -0.15) is 0 Å². The molecule has 0 radical (unpaired) electrons. The molecule has 15 heavy (non-hydrogen) atoms. The molecule has 4 heteroatoms. The summed E-state index contributed by atoms with van der Waals surface area (Å²) >= 11 is 0. The number of rotatable bonds is 1. The van der Waals surface area contributed by atoms with E-state index in [1.165, 1.54) is 44.9 Å². The third-order valence-corrected chi connectivity index (χ3v) is 4.04. The van der Waals surface area contributed by atoms with Crippen molar-refractivity contribution in [1.29, 1.82) is 0 Å². The Bertz CT molecular complexity index is 195. The topological polar surface area (TPSA) is 29.3 Å². The van der Waals surface area contributed by atoms with Crippen LogP contribution < -0.4 is 5.73 Å². The molecule has 0 spiro atoms. The average Bonchev–Trinajstić information content (AvgIpc) is 2.85. The van der Waals surface area contributed by atoms with Gasteiger partial charge in [0.1, 0.15) is 0 Å². The van der Waals surface area contributed by atoms with E-state index in [9.17, 15) is 0 Å². The Morgan fingerprint density at radius 1 is 0.800 bits per heavy atom. The highest BCUT2D eigenvalue weighted by molar-refractivity contribution is 5.85. The quantitative estimate of drug-likeness (QED) is 0.777. The van der Waals surface area contributed by atoms with Gasteiger partial charge >= 0.3 is 0 Å². The van der Waals surface area contributed by atoms with Crippen LogP contribution in [0, 0.1) is 0 Å². The summed E-state index contributed by atoms with van der Waals surface area (Å²) < 4.78 is 0. The zero-order valence-corrected chi connectivity index (χ0v) is 10.7. The number of halogens is 2. The van der Waals surface area contributed by atoms with Gasteiger partial charge in [-0.15, -0.1) is 24.8 Å². The SMILES string of the molecule is Cl.Cl.N[C@@H]1C[C@H]2CCC[C@@H](C1)N2C1CC1. The predicted octanol–water partition coefficient (Wildman–Crippen LogP) is 2.34. The third-order valence-electron chi connectivity index (χ3n) is 4.04.